The summed E-state index contributed by atoms with van der Waals surface area (Å²) in [6.45, 7) is 3.71. The lowest BCUT2D eigenvalue weighted by atomic mass is 10.2. The second-order valence-corrected chi connectivity index (χ2v) is 7.71. The number of imidazole rings is 1. The summed E-state index contributed by atoms with van der Waals surface area (Å²) in [5.41, 5.74) is 8.51. The number of benzene rings is 2. The van der Waals surface area contributed by atoms with E-state index in [1.807, 2.05) is 66.1 Å². The molecule has 0 radical (unpaired) electrons. The first kappa shape index (κ1) is 20.0. The number of aromatic nitrogens is 4. The minimum Gasteiger partial charge on any atom is -0.493 e. The number of nitrogen functional groups attached to an aromatic ring is 1. The maximum absolute atomic E-state index is 6.01. The number of ether oxygens (including phenoxy) is 2. The maximum Gasteiger partial charge on any atom is 0.170 e. The van der Waals surface area contributed by atoms with Crippen LogP contribution in [-0.2, 0) is 6.54 Å². The number of fused-ring (bicyclic) bond motifs is 1. The van der Waals surface area contributed by atoms with Crippen LogP contribution in [0.2, 0.25) is 0 Å². The van der Waals surface area contributed by atoms with Crippen LogP contribution in [0, 0.1) is 6.92 Å². The highest BCUT2D eigenvalue weighted by atomic mass is 32.2. The standard InChI is InChI=1S/C22H23N5O2S/c1-16-6-5-9-18(14-16)29-12-13-30-22-26-19-20(23)24-15-25-21(19)27(22)10-11-28-17-7-3-2-4-8-17/h2-9,14-15H,10-13H2,1H3,(H2,23,24,25). The predicted molar refractivity (Wildman–Crippen MR) is 119 cm³/mol. The van der Waals surface area contributed by atoms with Crippen LogP contribution in [0.25, 0.3) is 11.2 Å². The number of para-hydroxylation sites is 1. The smallest absolute Gasteiger partial charge is 0.170 e. The Balaban J connectivity index is 1.43. The van der Waals surface area contributed by atoms with E-state index in [4.69, 9.17) is 15.2 Å². The Kier molecular flexibility index (Phi) is 6.34. The van der Waals surface area contributed by atoms with Gasteiger partial charge in [-0.1, -0.05) is 42.1 Å². The van der Waals surface area contributed by atoms with E-state index in [2.05, 4.69) is 15.0 Å². The first-order chi connectivity index (χ1) is 14.7. The molecule has 154 valence electrons. The zero-order valence-corrected chi connectivity index (χ0v) is 17.5. The van der Waals surface area contributed by atoms with E-state index >= 15 is 0 Å². The third kappa shape index (κ3) is 4.83. The first-order valence-electron chi connectivity index (χ1n) is 9.67. The van der Waals surface area contributed by atoms with Crippen LogP contribution in [-0.4, -0.2) is 38.5 Å². The minimum atomic E-state index is 0.376. The van der Waals surface area contributed by atoms with Crippen molar-refractivity contribution in [2.24, 2.45) is 0 Å². The molecular formula is C22H23N5O2S. The Bertz CT molecular complexity index is 1120. The highest BCUT2D eigenvalue weighted by Gasteiger charge is 2.15. The summed E-state index contributed by atoms with van der Waals surface area (Å²) in [5, 5.41) is 0.821. The van der Waals surface area contributed by atoms with Crippen molar-refractivity contribution in [3.05, 3.63) is 66.5 Å². The van der Waals surface area contributed by atoms with Crippen LogP contribution >= 0.6 is 11.8 Å². The maximum atomic E-state index is 6.01. The average molecular weight is 422 g/mol. The van der Waals surface area contributed by atoms with E-state index < -0.39 is 0 Å². The third-order valence-electron chi connectivity index (χ3n) is 4.42. The Morgan fingerprint density at radius 1 is 0.967 bits per heavy atom. The monoisotopic (exact) mass is 421 g/mol. The van der Waals surface area contributed by atoms with Crippen molar-refractivity contribution in [2.45, 2.75) is 18.6 Å². The molecule has 0 spiro atoms. The zero-order chi connectivity index (χ0) is 20.8. The lowest BCUT2D eigenvalue weighted by Crippen LogP contribution is -2.10. The van der Waals surface area contributed by atoms with Crippen LogP contribution in [0.4, 0.5) is 5.82 Å². The third-order valence-corrected chi connectivity index (χ3v) is 5.37. The van der Waals surface area contributed by atoms with Crippen molar-refractivity contribution in [3.8, 4) is 11.5 Å². The molecule has 0 unspecified atom stereocenters. The van der Waals surface area contributed by atoms with Gasteiger partial charge in [0.05, 0.1) is 13.2 Å². The van der Waals surface area contributed by atoms with Gasteiger partial charge in [0.25, 0.3) is 0 Å². The summed E-state index contributed by atoms with van der Waals surface area (Å²) < 4.78 is 13.7. The van der Waals surface area contributed by atoms with E-state index in [1.54, 1.807) is 11.8 Å². The predicted octanol–water partition coefficient (Wildman–Crippen LogP) is 3.97. The SMILES string of the molecule is Cc1cccc(OCCSc2nc3c(N)ncnc3n2CCOc2ccccc2)c1. The van der Waals surface area contributed by atoms with Gasteiger partial charge in [0.1, 0.15) is 24.4 Å². The highest BCUT2D eigenvalue weighted by Crippen LogP contribution is 2.25. The molecule has 4 rings (SSSR count). The molecule has 2 heterocycles. The fraction of sp³-hybridized carbons (Fsp3) is 0.227. The van der Waals surface area contributed by atoms with Crippen molar-refractivity contribution in [1.29, 1.82) is 0 Å². The molecule has 0 saturated carbocycles. The van der Waals surface area contributed by atoms with E-state index in [-0.39, 0.29) is 0 Å². The van der Waals surface area contributed by atoms with Crippen LogP contribution in [0.15, 0.2) is 66.1 Å². The fourth-order valence-corrected chi connectivity index (χ4v) is 3.85. The largest absolute Gasteiger partial charge is 0.493 e. The van der Waals surface area contributed by atoms with Gasteiger partial charge in [-0.05, 0) is 36.8 Å². The number of hydrogen-bond acceptors (Lipinski definition) is 7. The second-order valence-electron chi connectivity index (χ2n) is 6.65. The van der Waals surface area contributed by atoms with Gasteiger partial charge in [0, 0.05) is 5.75 Å². The van der Waals surface area contributed by atoms with Crippen molar-refractivity contribution in [1.82, 2.24) is 19.5 Å². The highest BCUT2D eigenvalue weighted by molar-refractivity contribution is 7.99. The topological polar surface area (TPSA) is 88.1 Å². The minimum absolute atomic E-state index is 0.376. The van der Waals surface area contributed by atoms with E-state index in [0.29, 0.717) is 36.7 Å². The molecular weight excluding hydrogens is 398 g/mol. The quantitative estimate of drug-likeness (QED) is 0.323. The van der Waals surface area contributed by atoms with Gasteiger partial charge >= 0.3 is 0 Å². The number of nitrogens with zero attached hydrogens (tertiary/aromatic N) is 4. The van der Waals surface area contributed by atoms with Gasteiger partial charge in [-0.3, -0.25) is 0 Å². The van der Waals surface area contributed by atoms with E-state index in [1.165, 1.54) is 11.9 Å². The summed E-state index contributed by atoms with van der Waals surface area (Å²) in [7, 11) is 0. The van der Waals surface area contributed by atoms with Gasteiger partial charge in [-0.2, -0.15) is 0 Å². The van der Waals surface area contributed by atoms with Crippen molar-refractivity contribution in [2.75, 3.05) is 24.7 Å². The molecule has 2 N–H and O–H groups in total. The Morgan fingerprint density at radius 3 is 2.60 bits per heavy atom. The zero-order valence-electron chi connectivity index (χ0n) is 16.7. The summed E-state index contributed by atoms with van der Waals surface area (Å²) in [6.07, 6.45) is 1.46. The van der Waals surface area contributed by atoms with Gasteiger partial charge in [-0.25, -0.2) is 15.0 Å². The number of aryl methyl sites for hydroxylation is 1. The molecule has 7 nitrogen and oxygen atoms in total. The first-order valence-corrected chi connectivity index (χ1v) is 10.7. The van der Waals surface area contributed by atoms with Gasteiger partial charge in [0.15, 0.2) is 22.1 Å². The van der Waals surface area contributed by atoms with Crippen molar-refractivity contribution >= 4 is 28.7 Å². The Hall–Kier alpha value is -3.26. The van der Waals surface area contributed by atoms with Crippen molar-refractivity contribution < 1.29 is 9.47 Å². The summed E-state index contributed by atoms with van der Waals surface area (Å²) >= 11 is 1.60. The summed E-state index contributed by atoms with van der Waals surface area (Å²) in [6, 6.07) is 17.8. The van der Waals surface area contributed by atoms with E-state index in [9.17, 15) is 0 Å². The molecule has 0 saturated heterocycles. The van der Waals surface area contributed by atoms with Crippen LogP contribution in [0.1, 0.15) is 5.56 Å². The molecule has 2 aromatic carbocycles. The number of nitrogens with two attached hydrogens (primary N) is 1. The number of anilines is 1. The fourth-order valence-electron chi connectivity index (χ4n) is 3.01. The molecule has 30 heavy (non-hydrogen) atoms. The molecule has 0 aliphatic carbocycles. The molecule has 4 aromatic rings. The van der Waals surface area contributed by atoms with Crippen molar-refractivity contribution in [3.63, 3.8) is 0 Å². The molecule has 0 bridgehead atoms. The molecule has 0 atom stereocenters. The lowest BCUT2D eigenvalue weighted by Gasteiger charge is -2.10. The molecule has 0 aliphatic rings. The summed E-state index contributed by atoms with van der Waals surface area (Å²) in [4.78, 5) is 13.1. The van der Waals surface area contributed by atoms with E-state index in [0.717, 1.165) is 22.4 Å². The normalized spacial score (nSPS) is 11.0. The lowest BCUT2D eigenvalue weighted by molar-refractivity contribution is 0.295. The molecule has 2 aromatic heterocycles. The van der Waals surface area contributed by atoms with Gasteiger partial charge in [0.2, 0.25) is 0 Å². The molecule has 8 heteroatoms. The van der Waals surface area contributed by atoms with Crippen LogP contribution in [0.3, 0.4) is 0 Å². The van der Waals surface area contributed by atoms with Crippen LogP contribution < -0.4 is 15.2 Å². The molecule has 0 aliphatic heterocycles. The number of hydrogen-bond donors (Lipinski definition) is 1. The molecule has 0 fully saturated rings. The Morgan fingerprint density at radius 2 is 1.77 bits per heavy atom. The summed E-state index contributed by atoms with van der Waals surface area (Å²) in [5.74, 6) is 2.82. The number of rotatable bonds is 9. The van der Waals surface area contributed by atoms with Gasteiger partial charge < -0.3 is 19.8 Å². The number of thioether (sulfide) groups is 1. The van der Waals surface area contributed by atoms with Gasteiger partial charge in [-0.15, -0.1) is 0 Å². The average Bonchev–Trinajstić information content (AvgIpc) is 3.11. The van der Waals surface area contributed by atoms with Crippen LogP contribution in [0.5, 0.6) is 11.5 Å². The molecule has 0 amide bonds. The Labute approximate surface area is 179 Å². The second kappa shape index (κ2) is 9.49.